The van der Waals surface area contributed by atoms with Crippen LogP contribution in [-0.2, 0) is 0 Å². The average molecular weight is 379 g/mol. The number of nitrogens with zero attached hydrogens (tertiary/aromatic N) is 2. The van der Waals surface area contributed by atoms with Gasteiger partial charge in [0.2, 0.25) is 5.91 Å². The van der Waals surface area contributed by atoms with Crippen LogP contribution < -0.4 is 16.0 Å². The van der Waals surface area contributed by atoms with E-state index in [0.29, 0.717) is 16.4 Å². The first-order valence-corrected chi connectivity index (χ1v) is 9.21. The minimum Gasteiger partial charge on any atom is -0.366 e. The number of hydrogen-bond donors (Lipinski definition) is 2. The summed E-state index contributed by atoms with van der Waals surface area (Å²) in [5, 5.41) is 3.50. The molecule has 1 saturated heterocycles. The van der Waals surface area contributed by atoms with Crippen molar-refractivity contribution in [3.63, 3.8) is 0 Å². The van der Waals surface area contributed by atoms with Gasteiger partial charge >= 0.3 is 0 Å². The van der Waals surface area contributed by atoms with Crippen LogP contribution in [0.2, 0.25) is 5.02 Å². The highest BCUT2D eigenvalue weighted by atomic mass is 35.5. The van der Waals surface area contributed by atoms with Gasteiger partial charge in [-0.05, 0) is 38.0 Å². The van der Waals surface area contributed by atoms with E-state index in [-0.39, 0.29) is 11.9 Å². The second-order valence-corrected chi connectivity index (χ2v) is 7.73. The summed E-state index contributed by atoms with van der Waals surface area (Å²) in [7, 11) is 0. The molecule has 0 aliphatic carbocycles. The van der Waals surface area contributed by atoms with Crippen LogP contribution in [0.5, 0.6) is 0 Å². The number of carbonyl (C=O) groups excluding carboxylic acids is 2. The summed E-state index contributed by atoms with van der Waals surface area (Å²) in [4.78, 5) is 31.6. The fraction of sp³-hybridized carbons (Fsp3) is 0.353. The Kier molecular flexibility index (Phi) is 5.24. The zero-order chi connectivity index (χ0) is 18.0. The van der Waals surface area contributed by atoms with E-state index in [1.807, 2.05) is 19.1 Å². The fourth-order valence-electron chi connectivity index (χ4n) is 2.85. The molecule has 0 bridgehead atoms. The minimum atomic E-state index is -0.550. The molecule has 3 heterocycles. The first kappa shape index (κ1) is 17.7. The van der Waals surface area contributed by atoms with E-state index >= 15 is 0 Å². The summed E-state index contributed by atoms with van der Waals surface area (Å²) in [6.07, 6.45) is 3.06. The van der Waals surface area contributed by atoms with Crippen molar-refractivity contribution in [2.45, 2.75) is 25.8 Å². The maximum atomic E-state index is 12.2. The van der Waals surface area contributed by atoms with Gasteiger partial charge in [0.1, 0.15) is 5.82 Å². The molecule has 0 saturated carbocycles. The van der Waals surface area contributed by atoms with E-state index in [1.54, 1.807) is 6.07 Å². The molecule has 132 valence electrons. The highest BCUT2D eigenvalue weighted by Gasteiger charge is 2.24. The van der Waals surface area contributed by atoms with Crippen molar-refractivity contribution in [2.75, 3.05) is 18.0 Å². The monoisotopic (exact) mass is 378 g/mol. The van der Waals surface area contributed by atoms with Crippen molar-refractivity contribution in [1.29, 1.82) is 0 Å². The Morgan fingerprint density at radius 2 is 2.08 bits per heavy atom. The van der Waals surface area contributed by atoms with Gasteiger partial charge in [-0.15, -0.1) is 11.3 Å². The Balaban J connectivity index is 1.58. The number of anilines is 1. The molecule has 0 atom stereocenters. The van der Waals surface area contributed by atoms with Gasteiger partial charge in [0.05, 0.1) is 15.5 Å². The smallest absolute Gasteiger partial charge is 0.261 e. The van der Waals surface area contributed by atoms with E-state index in [0.717, 1.165) is 35.7 Å². The van der Waals surface area contributed by atoms with Crippen molar-refractivity contribution >= 4 is 40.6 Å². The third-order valence-corrected chi connectivity index (χ3v) is 5.48. The van der Waals surface area contributed by atoms with Crippen LogP contribution >= 0.6 is 22.9 Å². The molecule has 1 aliphatic rings. The van der Waals surface area contributed by atoms with E-state index in [2.05, 4.69) is 15.2 Å². The summed E-state index contributed by atoms with van der Waals surface area (Å²) < 4.78 is 0. The molecule has 1 fully saturated rings. The Morgan fingerprint density at radius 1 is 1.36 bits per heavy atom. The summed E-state index contributed by atoms with van der Waals surface area (Å²) in [5.74, 6) is 0.0787. The lowest BCUT2D eigenvalue weighted by molar-refractivity contribution is 0.0934. The second kappa shape index (κ2) is 7.41. The maximum Gasteiger partial charge on any atom is 0.261 e. The number of thiophene rings is 1. The quantitative estimate of drug-likeness (QED) is 0.855. The molecule has 0 radical (unpaired) electrons. The second-order valence-electron chi connectivity index (χ2n) is 6.04. The summed E-state index contributed by atoms with van der Waals surface area (Å²) in [6, 6.07) is 5.48. The Labute approximate surface area is 155 Å². The van der Waals surface area contributed by atoms with Crippen LogP contribution in [0.4, 0.5) is 5.82 Å². The predicted molar refractivity (Wildman–Crippen MR) is 99.5 cm³/mol. The molecule has 3 rings (SSSR count). The van der Waals surface area contributed by atoms with Crippen LogP contribution in [0.1, 0.15) is 37.7 Å². The number of rotatable bonds is 4. The Hall–Kier alpha value is -2.12. The molecule has 25 heavy (non-hydrogen) atoms. The van der Waals surface area contributed by atoms with Crippen LogP contribution in [0.25, 0.3) is 0 Å². The Bertz CT molecular complexity index is 800. The normalized spacial score (nSPS) is 15.2. The standard InChI is InChI=1S/C17H19ClN4O2S/c1-10-2-3-14(25-10)17(24)21-12-4-6-22(7-5-12)16-13(18)8-11(9-20-16)15(19)23/h2-3,8-9,12H,4-7H2,1H3,(H2,19,23)(H,21,24). The Morgan fingerprint density at radius 3 is 2.64 bits per heavy atom. The van der Waals surface area contributed by atoms with Gasteiger partial charge < -0.3 is 16.0 Å². The number of aryl methyl sites for hydroxylation is 1. The predicted octanol–water partition coefficient (Wildman–Crippen LogP) is 2.60. The van der Waals surface area contributed by atoms with Crippen LogP contribution in [-0.4, -0.2) is 35.9 Å². The molecular weight excluding hydrogens is 360 g/mol. The third kappa shape index (κ3) is 4.11. The zero-order valence-corrected chi connectivity index (χ0v) is 15.4. The molecule has 1 aliphatic heterocycles. The molecule has 2 aromatic heterocycles. The molecule has 3 N–H and O–H groups in total. The molecule has 2 aromatic rings. The lowest BCUT2D eigenvalue weighted by Gasteiger charge is -2.33. The maximum absolute atomic E-state index is 12.2. The highest BCUT2D eigenvalue weighted by Crippen LogP contribution is 2.27. The number of carbonyl (C=O) groups is 2. The van der Waals surface area contributed by atoms with Crippen LogP contribution in [0.15, 0.2) is 24.4 Å². The molecule has 0 aromatic carbocycles. The van der Waals surface area contributed by atoms with Crippen molar-refractivity contribution < 1.29 is 9.59 Å². The van der Waals surface area contributed by atoms with Gasteiger partial charge in [0, 0.05) is 30.2 Å². The number of nitrogens with two attached hydrogens (primary N) is 1. The van der Waals surface area contributed by atoms with Crippen LogP contribution in [0, 0.1) is 6.92 Å². The largest absolute Gasteiger partial charge is 0.366 e. The number of halogens is 1. The zero-order valence-electron chi connectivity index (χ0n) is 13.8. The molecule has 0 unspecified atom stereocenters. The first-order chi connectivity index (χ1) is 11.9. The van der Waals surface area contributed by atoms with Crippen molar-refractivity contribution in [2.24, 2.45) is 5.73 Å². The number of hydrogen-bond acceptors (Lipinski definition) is 5. The summed E-state index contributed by atoms with van der Waals surface area (Å²) in [6.45, 7) is 3.45. The average Bonchev–Trinajstić information content (AvgIpc) is 3.02. The van der Waals surface area contributed by atoms with Crippen molar-refractivity contribution in [3.05, 3.63) is 44.7 Å². The van der Waals surface area contributed by atoms with Gasteiger partial charge in [0.15, 0.2) is 0 Å². The van der Waals surface area contributed by atoms with Gasteiger partial charge in [-0.1, -0.05) is 11.6 Å². The molecule has 8 heteroatoms. The number of pyridine rings is 1. The number of piperidine rings is 1. The lowest BCUT2D eigenvalue weighted by atomic mass is 10.0. The third-order valence-electron chi connectivity index (χ3n) is 4.20. The van der Waals surface area contributed by atoms with Crippen molar-refractivity contribution in [3.8, 4) is 0 Å². The SMILES string of the molecule is Cc1ccc(C(=O)NC2CCN(c3ncc(C(N)=O)cc3Cl)CC2)s1. The summed E-state index contributed by atoms with van der Waals surface area (Å²) in [5.41, 5.74) is 5.53. The van der Waals surface area contributed by atoms with E-state index < -0.39 is 5.91 Å². The highest BCUT2D eigenvalue weighted by molar-refractivity contribution is 7.13. The minimum absolute atomic E-state index is 0.0153. The van der Waals surface area contributed by atoms with E-state index in [1.165, 1.54) is 17.5 Å². The van der Waals surface area contributed by atoms with Crippen LogP contribution in [0.3, 0.4) is 0 Å². The topological polar surface area (TPSA) is 88.3 Å². The number of primary amides is 1. The molecule has 2 amide bonds. The van der Waals surface area contributed by atoms with Gasteiger partial charge in [-0.25, -0.2) is 4.98 Å². The van der Waals surface area contributed by atoms with Gasteiger partial charge in [-0.2, -0.15) is 0 Å². The number of aromatic nitrogens is 1. The van der Waals surface area contributed by atoms with E-state index in [4.69, 9.17) is 17.3 Å². The fourth-order valence-corrected chi connectivity index (χ4v) is 3.90. The van der Waals surface area contributed by atoms with E-state index in [9.17, 15) is 9.59 Å². The number of amides is 2. The molecule has 0 spiro atoms. The molecular formula is C17H19ClN4O2S. The van der Waals surface area contributed by atoms with Crippen molar-refractivity contribution in [1.82, 2.24) is 10.3 Å². The summed E-state index contributed by atoms with van der Waals surface area (Å²) >= 11 is 7.73. The first-order valence-electron chi connectivity index (χ1n) is 8.01. The van der Waals surface area contributed by atoms with Gasteiger partial charge in [0.25, 0.3) is 5.91 Å². The molecule has 6 nitrogen and oxygen atoms in total. The number of nitrogens with one attached hydrogen (secondary N) is 1. The lowest BCUT2D eigenvalue weighted by Crippen LogP contribution is -2.44. The van der Waals surface area contributed by atoms with Gasteiger partial charge in [-0.3, -0.25) is 9.59 Å².